The summed E-state index contributed by atoms with van der Waals surface area (Å²) in [6.45, 7) is 1.67. The first-order valence-electron chi connectivity index (χ1n) is 8.25. The lowest BCUT2D eigenvalue weighted by molar-refractivity contribution is 0.322. The molecule has 0 radical (unpaired) electrons. The van der Waals surface area contributed by atoms with E-state index in [2.05, 4.69) is 26.2 Å². The van der Waals surface area contributed by atoms with Gasteiger partial charge in [-0.2, -0.15) is 0 Å². The fourth-order valence-electron chi connectivity index (χ4n) is 2.30. The van der Waals surface area contributed by atoms with Gasteiger partial charge in [0, 0.05) is 11.0 Å². The number of rotatable bonds is 9. The summed E-state index contributed by atoms with van der Waals surface area (Å²) >= 11 is 3.41. The number of nitrogens with one attached hydrogen (secondary N) is 1. The minimum atomic E-state index is 0.406. The van der Waals surface area contributed by atoms with Crippen LogP contribution in [0, 0.1) is 0 Å². The molecule has 0 aliphatic heterocycles. The normalized spacial score (nSPS) is 11.1. The molecule has 2 rings (SSSR count). The van der Waals surface area contributed by atoms with E-state index < -0.39 is 0 Å². The molecule has 0 aliphatic rings. The van der Waals surface area contributed by atoms with Crippen LogP contribution in [0.15, 0.2) is 51.9 Å². The van der Waals surface area contributed by atoms with E-state index >= 15 is 0 Å². The molecule has 0 aromatic heterocycles. The van der Waals surface area contributed by atoms with Crippen LogP contribution in [0.1, 0.15) is 5.56 Å². The Balaban J connectivity index is 1.71. The van der Waals surface area contributed by atoms with Gasteiger partial charge in [0.25, 0.3) is 0 Å². The maximum atomic E-state index is 5.87. The third-order valence-electron chi connectivity index (χ3n) is 3.60. The Labute approximate surface area is 162 Å². The fraction of sp³-hybridized carbons (Fsp3) is 0.316. The third kappa shape index (κ3) is 6.48. The molecule has 0 atom stereocenters. The highest BCUT2D eigenvalue weighted by Crippen LogP contribution is 2.27. The van der Waals surface area contributed by atoms with Crippen molar-refractivity contribution in [3.8, 4) is 17.2 Å². The van der Waals surface area contributed by atoms with Crippen LogP contribution in [0.4, 0.5) is 0 Å². The molecule has 2 aromatic rings. The van der Waals surface area contributed by atoms with Gasteiger partial charge in [0.1, 0.15) is 12.4 Å². The van der Waals surface area contributed by atoms with Crippen LogP contribution in [-0.2, 0) is 6.42 Å². The van der Waals surface area contributed by atoms with Crippen molar-refractivity contribution in [2.45, 2.75) is 6.42 Å². The second-order valence-corrected chi connectivity index (χ2v) is 6.35. The number of nitrogens with zero attached hydrogens (tertiary/aromatic N) is 1. The van der Waals surface area contributed by atoms with E-state index in [0.717, 1.165) is 22.2 Å². The van der Waals surface area contributed by atoms with Gasteiger partial charge in [-0.15, -0.1) is 0 Å². The average molecular weight is 422 g/mol. The first-order chi connectivity index (χ1) is 12.6. The molecular formula is C19H24BrN3O3. The maximum absolute atomic E-state index is 5.87. The van der Waals surface area contributed by atoms with E-state index in [0.29, 0.717) is 37.2 Å². The molecule has 0 aliphatic carbocycles. The molecule has 0 heterocycles. The summed E-state index contributed by atoms with van der Waals surface area (Å²) in [5.41, 5.74) is 6.98. The Kier molecular flexibility index (Phi) is 8.08. The lowest BCUT2D eigenvalue weighted by Gasteiger charge is -2.10. The van der Waals surface area contributed by atoms with Gasteiger partial charge >= 0.3 is 0 Å². The molecule has 140 valence electrons. The number of ether oxygens (including phenoxy) is 3. The predicted molar refractivity (Wildman–Crippen MR) is 107 cm³/mol. The van der Waals surface area contributed by atoms with Crippen LogP contribution >= 0.6 is 15.9 Å². The van der Waals surface area contributed by atoms with Gasteiger partial charge in [0.15, 0.2) is 17.5 Å². The van der Waals surface area contributed by atoms with E-state index in [-0.39, 0.29) is 0 Å². The second kappa shape index (κ2) is 10.6. The highest BCUT2D eigenvalue weighted by atomic mass is 79.9. The smallest absolute Gasteiger partial charge is 0.188 e. The zero-order valence-corrected chi connectivity index (χ0v) is 16.6. The number of benzene rings is 2. The lowest BCUT2D eigenvalue weighted by Crippen LogP contribution is -2.34. The lowest BCUT2D eigenvalue weighted by atomic mass is 10.1. The summed E-state index contributed by atoms with van der Waals surface area (Å²) < 4.78 is 17.1. The average Bonchev–Trinajstić information content (AvgIpc) is 2.65. The zero-order chi connectivity index (χ0) is 18.8. The standard InChI is InChI=1S/C19H24BrN3O3/c1-24-17-7-6-14(12-18(17)25-2)8-9-22-19(21)23-10-11-26-16-5-3-4-15(20)13-16/h3-7,12-13H,8-11H2,1-2H3,(H3,21,22,23). The monoisotopic (exact) mass is 421 g/mol. The van der Waals surface area contributed by atoms with E-state index in [1.807, 2.05) is 42.5 Å². The van der Waals surface area contributed by atoms with Gasteiger partial charge < -0.3 is 25.3 Å². The first-order valence-corrected chi connectivity index (χ1v) is 9.04. The summed E-state index contributed by atoms with van der Waals surface area (Å²) in [6.07, 6.45) is 0.761. The van der Waals surface area contributed by atoms with E-state index in [1.54, 1.807) is 14.2 Å². The van der Waals surface area contributed by atoms with Crippen molar-refractivity contribution < 1.29 is 14.2 Å². The van der Waals surface area contributed by atoms with E-state index in [4.69, 9.17) is 19.9 Å². The number of halogens is 1. The number of methoxy groups -OCH3 is 2. The van der Waals surface area contributed by atoms with Gasteiger partial charge in [-0.1, -0.05) is 28.1 Å². The Morgan fingerprint density at radius 3 is 2.65 bits per heavy atom. The molecule has 0 unspecified atom stereocenters. The zero-order valence-electron chi connectivity index (χ0n) is 15.0. The van der Waals surface area contributed by atoms with Crippen molar-refractivity contribution in [1.29, 1.82) is 0 Å². The third-order valence-corrected chi connectivity index (χ3v) is 4.10. The van der Waals surface area contributed by atoms with Crippen LogP contribution in [0.25, 0.3) is 0 Å². The van der Waals surface area contributed by atoms with Crippen LogP contribution < -0.4 is 25.3 Å². The summed E-state index contributed by atoms with van der Waals surface area (Å²) in [6, 6.07) is 13.5. The molecule has 0 fully saturated rings. The Morgan fingerprint density at radius 1 is 1.12 bits per heavy atom. The maximum Gasteiger partial charge on any atom is 0.188 e. The molecule has 0 saturated carbocycles. The van der Waals surface area contributed by atoms with E-state index in [9.17, 15) is 0 Å². The first kappa shape index (κ1) is 19.9. The van der Waals surface area contributed by atoms with Gasteiger partial charge in [0.05, 0.1) is 20.8 Å². The van der Waals surface area contributed by atoms with Crippen LogP contribution in [0.2, 0.25) is 0 Å². The number of hydrogen-bond donors (Lipinski definition) is 2. The molecular weight excluding hydrogens is 398 g/mol. The van der Waals surface area contributed by atoms with Crippen LogP contribution in [-0.4, -0.2) is 39.9 Å². The van der Waals surface area contributed by atoms with Crippen molar-refractivity contribution in [2.24, 2.45) is 10.7 Å². The van der Waals surface area contributed by atoms with Gasteiger partial charge in [-0.3, -0.25) is 4.99 Å². The minimum Gasteiger partial charge on any atom is -0.493 e. The quantitative estimate of drug-likeness (QED) is 0.369. The molecule has 3 N–H and O–H groups in total. The van der Waals surface area contributed by atoms with Crippen molar-refractivity contribution in [2.75, 3.05) is 33.9 Å². The molecule has 0 bridgehead atoms. The summed E-state index contributed by atoms with van der Waals surface area (Å²) in [5, 5.41) is 3.04. The molecule has 0 spiro atoms. The predicted octanol–water partition coefficient (Wildman–Crippen LogP) is 2.99. The van der Waals surface area contributed by atoms with Crippen molar-refractivity contribution >= 4 is 21.9 Å². The SMILES string of the molecule is COc1ccc(CCN=C(N)NCCOc2cccc(Br)c2)cc1OC. The van der Waals surface area contributed by atoms with Gasteiger partial charge in [0.2, 0.25) is 0 Å². The Hall–Kier alpha value is -2.41. The number of hydrogen-bond acceptors (Lipinski definition) is 4. The van der Waals surface area contributed by atoms with Crippen LogP contribution in [0.3, 0.4) is 0 Å². The summed E-state index contributed by atoms with van der Waals surface area (Å²) in [4.78, 5) is 4.32. The Bertz CT molecular complexity index is 738. The van der Waals surface area contributed by atoms with Crippen molar-refractivity contribution in [3.05, 3.63) is 52.5 Å². The second-order valence-electron chi connectivity index (χ2n) is 5.44. The molecule has 26 heavy (non-hydrogen) atoms. The largest absolute Gasteiger partial charge is 0.493 e. The van der Waals surface area contributed by atoms with Crippen molar-refractivity contribution in [3.63, 3.8) is 0 Å². The highest BCUT2D eigenvalue weighted by Gasteiger charge is 2.04. The molecule has 6 nitrogen and oxygen atoms in total. The summed E-state index contributed by atoms with van der Waals surface area (Å²) in [7, 11) is 3.24. The molecule has 0 saturated heterocycles. The molecule has 7 heteroatoms. The van der Waals surface area contributed by atoms with Crippen molar-refractivity contribution in [1.82, 2.24) is 5.32 Å². The fourth-order valence-corrected chi connectivity index (χ4v) is 2.68. The molecule has 0 amide bonds. The van der Waals surface area contributed by atoms with Gasteiger partial charge in [-0.05, 0) is 42.3 Å². The van der Waals surface area contributed by atoms with Gasteiger partial charge in [-0.25, -0.2) is 0 Å². The van der Waals surface area contributed by atoms with E-state index in [1.165, 1.54) is 0 Å². The summed E-state index contributed by atoms with van der Waals surface area (Å²) in [5.74, 6) is 2.64. The Morgan fingerprint density at radius 2 is 1.92 bits per heavy atom. The minimum absolute atomic E-state index is 0.406. The number of aliphatic imine (C=N–C) groups is 1. The van der Waals surface area contributed by atoms with Crippen LogP contribution in [0.5, 0.6) is 17.2 Å². The molecule has 2 aromatic carbocycles. The number of nitrogens with two attached hydrogens (primary N) is 1. The number of guanidine groups is 1. The topological polar surface area (TPSA) is 78.1 Å². The highest BCUT2D eigenvalue weighted by molar-refractivity contribution is 9.10.